The lowest BCUT2D eigenvalue weighted by atomic mass is 10.7. The van der Waals surface area contributed by atoms with Crippen LogP contribution in [-0.2, 0) is 9.84 Å². The summed E-state index contributed by atoms with van der Waals surface area (Å²) in [4.78, 5) is 0. The molecule has 6 heteroatoms. The van der Waals surface area contributed by atoms with Crippen LogP contribution in [0.2, 0.25) is 4.34 Å². The maximum absolute atomic E-state index is 11.2. The first-order valence-electron chi connectivity index (χ1n) is 3.15. The molecule has 1 N–H and O–H groups in total. The topological polar surface area (TPSA) is 54.4 Å². The predicted molar refractivity (Wildman–Crippen MR) is 48.5 cm³/mol. The SMILES string of the molecule is O=S(=O)(CCO)c1ccc(Cl)s1. The molecular formula is C6H7ClO3S2. The van der Waals surface area contributed by atoms with Crippen molar-refractivity contribution in [1.29, 1.82) is 0 Å². The van der Waals surface area contributed by atoms with Crippen molar-refractivity contribution < 1.29 is 13.5 Å². The largest absolute Gasteiger partial charge is 0.395 e. The lowest BCUT2D eigenvalue weighted by molar-refractivity contribution is 0.319. The molecule has 0 spiro atoms. The summed E-state index contributed by atoms with van der Waals surface area (Å²) in [7, 11) is -3.31. The summed E-state index contributed by atoms with van der Waals surface area (Å²) in [5.41, 5.74) is 0. The summed E-state index contributed by atoms with van der Waals surface area (Å²) in [6.07, 6.45) is 0. The van der Waals surface area contributed by atoms with Crippen LogP contribution in [0.1, 0.15) is 0 Å². The van der Waals surface area contributed by atoms with E-state index < -0.39 is 9.84 Å². The number of rotatable bonds is 3. The van der Waals surface area contributed by atoms with E-state index in [1.165, 1.54) is 12.1 Å². The minimum atomic E-state index is -3.31. The predicted octanol–water partition coefficient (Wildman–Crippen LogP) is 1.17. The number of hydrogen-bond acceptors (Lipinski definition) is 4. The number of thiophene rings is 1. The van der Waals surface area contributed by atoms with Crippen molar-refractivity contribution in [3.63, 3.8) is 0 Å². The molecule has 0 aliphatic heterocycles. The Bertz CT molecular complexity index is 355. The molecule has 0 atom stereocenters. The number of aliphatic hydroxyl groups excluding tert-OH is 1. The fraction of sp³-hybridized carbons (Fsp3) is 0.333. The van der Waals surface area contributed by atoms with E-state index in [2.05, 4.69) is 0 Å². The quantitative estimate of drug-likeness (QED) is 0.842. The van der Waals surface area contributed by atoms with Gasteiger partial charge in [0.2, 0.25) is 0 Å². The van der Waals surface area contributed by atoms with E-state index in [0.717, 1.165) is 11.3 Å². The molecule has 12 heavy (non-hydrogen) atoms. The van der Waals surface area contributed by atoms with Crippen LogP contribution in [0.5, 0.6) is 0 Å². The van der Waals surface area contributed by atoms with Crippen molar-refractivity contribution in [2.75, 3.05) is 12.4 Å². The molecule has 0 aliphatic carbocycles. The third-order valence-corrected chi connectivity index (χ3v) is 4.72. The van der Waals surface area contributed by atoms with E-state index in [1.54, 1.807) is 0 Å². The van der Waals surface area contributed by atoms with Crippen LogP contribution in [0.3, 0.4) is 0 Å². The first kappa shape index (κ1) is 9.98. The summed E-state index contributed by atoms with van der Waals surface area (Å²) in [6.45, 7) is -0.363. The van der Waals surface area contributed by atoms with Gasteiger partial charge in [0, 0.05) is 0 Å². The van der Waals surface area contributed by atoms with Crippen LogP contribution in [-0.4, -0.2) is 25.9 Å². The van der Waals surface area contributed by atoms with E-state index in [4.69, 9.17) is 16.7 Å². The van der Waals surface area contributed by atoms with Gasteiger partial charge in [-0.2, -0.15) is 0 Å². The fourth-order valence-electron chi connectivity index (χ4n) is 0.686. The number of hydrogen-bond donors (Lipinski definition) is 1. The molecule has 0 unspecified atom stereocenters. The van der Waals surface area contributed by atoms with Gasteiger partial charge in [-0.1, -0.05) is 11.6 Å². The van der Waals surface area contributed by atoms with Gasteiger partial charge in [-0.15, -0.1) is 11.3 Å². The van der Waals surface area contributed by atoms with Crippen molar-refractivity contribution in [3.05, 3.63) is 16.5 Å². The second-order valence-electron chi connectivity index (χ2n) is 2.10. The highest BCUT2D eigenvalue weighted by atomic mass is 35.5. The highest BCUT2D eigenvalue weighted by Crippen LogP contribution is 2.26. The Kier molecular flexibility index (Phi) is 3.11. The number of halogens is 1. The Morgan fingerprint density at radius 2 is 2.17 bits per heavy atom. The van der Waals surface area contributed by atoms with Gasteiger partial charge in [-0.3, -0.25) is 0 Å². The first-order valence-corrected chi connectivity index (χ1v) is 6.00. The molecule has 1 heterocycles. The Labute approximate surface area is 79.5 Å². The lowest BCUT2D eigenvalue weighted by Gasteiger charge is -1.95. The molecule has 0 saturated carbocycles. The van der Waals surface area contributed by atoms with E-state index in [1.807, 2.05) is 0 Å². The van der Waals surface area contributed by atoms with Crippen LogP contribution in [0.25, 0.3) is 0 Å². The highest BCUT2D eigenvalue weighted by molar-refractivity contribution is 7.93. The molecule has 0 saturated heterocycles. The summed E-state index contributed by atoms with van der Waals surface area (Å²) < 4.78 is 23.1. The molecule has 68 valence electrons. The van der Waals surface area contributed by atoms with Crippen LogP contribution >= 0.6 is 22.9 Å². The van der Waals surface area contributed by atoms with Gasteiger partial charge in [-0.05, 0) is 12.1 Å². The van der Waals surface area contributed by atoms with Gasteiger partial charge in [0.15, 0.2) is 9.84 Å². The highest BCUT2D eigenvalue weighted by Gasteiger charge is 2.15. The van der Waals surface area contributed by atoms with Crippen LogP contribution in [0, 0.1) is 0 Å². The van der Waals surface area contributed by atoms with Crippen molar-refractivity contribution >= 4 is 32.8 Å². The summed E-state index contributed by atoms with van der Waals surface area (Å²) in [5.74, 6) is -0.246. The van der Waals surface area contributed by atoms with Gasteiger partial charge in [0.05, 0.1) is 16.7 Å². The Morgan fingerprint density at radius 1 is 1.50 bits per heavy atom. The van der Waals surface area contributed by atoms with E-state index in [9.17, 15) is 8.42 Å². The third kappa shape index (κ3) is 2.20. The summed E-state index contributed by atoms with van der Waals surface area (Å²) in [5, 5.41) is 8.46. The fourth-order valence-corrected chi connectivity index (χ4v) is 3.34. The van der Waals surface area contributed by atoms with Gasteiger partial charge in [-0.25, -0.2) is 8.42 Å². The van der Waals surface area contributed by atoms with Gasteiger partial charge in [0.25, 0.3) is 0 Å². The Hall–Kier alpha value is -0.100. The van der Waals surface area contributed by atoms with Gasteiger partial charge < -0.3 is 5.11 Å². The number of sulfone groups is 1. The standard InChI is InChI=1S/C6H7ClO3S2/c7-5-1-2-6(11-5)12(9,10)4-3-8/h1-2,8H,3-4H2. The third-order valence-electron chi connectivity index (χ3n) is 1.22. The second-order valence-corrected chi connectivity index (χ2v) is 6.15. The zero-order chi connectivity index (χ0) is 9.19. The normalized spacial score (nSPS) is 11.8. The molecule has 0 aliphatic rings. The van der Waals surface area contributed by atoms with E-state index >= 15 is 0 Å². The Balaban J connectivity index is 2.98. The van der Waals surface area contributed by atoms with Crippen molar-refractivity contribution in [2.24, 2.45) is 0 Å². The summed E-state index contributed by atoms with van der Waals surface area (Å²) in [6, 6.07) is 2.97. The monoisotopic (exact) mass is 226 g/mol. The van der Waals surface area contributed by atoms with E-state index in [0.29, 0.717) is 4.34 Å². The molecule has 1 aromatic heterocycles. The van der Waals surface area contributed by atoms with Crippen molar-refractivity contribution in [2.45, 2.75) is 4.21 Å². The molecule has 0 radical (unpaired) electrons. The first-order chi connectivity index (χ1) is 5.56. The Morgan fingerprint density at radius 3 is 2.58 bits per heavy atom. The zero-order valence-corrected chi connectivity index (χ0v) is 8.42. The molecule has 1 rings (SSSR count). The van der Waals surface area contributed by atoms with Gasteiger partial charge in [0.1, 0.15) is 4.21 Å². The minimum absolute atomic E-state index is 0.210. The number of aliphatic hydroxyl groups is 1. The zero-order valence-electron chi connectivity index (χ0n) is 6.03. The average molecular weight is 227 g/mol. The van der Waals surface area contributed by atoms with Crippen LogP contribution < -0.4 is 0 Å². The molecule has 1 aromatic rings. The molecular weight excluding hydrogens is 220 g/mol. The average Bonchev–Trinajstić information content (AvgIpc) is 2.36. The second kappa shape index (κ2) is 3.74. The maximum atomic E-state index is 11.2. The van der Waals surface area contributed by atoms with Crippen molar-refractivity contribution in [1.82, 2.24) is 0 Å². The van der Waals surface area contributed by atoms with Crippen molar-refractivity contribution in [3.8, 4) is 0 Å². The van der Waals surface area contributed by atoms with E-state index in [-0.39, 0.29) is 16.6 Å². The van der Waals surface area contributed by atoms with Crippen LogP contribution in [0.15, 0.2) is 16.3 Å². The summed E-state index contributed by atoms with van der Waals surface area (Å²) >= 11 is 6.56. The molecule has 3 nitrogen and oxygen atoms in total. The maximum Gasteiger partial charge on any atom is 0.190 e. The molecule has 0 amide bonds. The van der Waals surface area contributed by atoms with Gasteiger partial charge >= 0.3 is 0 Å². The smallest absolute Gasteiger partial charge is 0.190 e. The van der Waals surface area contributed by atoms with Crippen LogP contribution in [0.4, 0.5) is 0 Å². The molecule has 0 aromatic carbocycles. The molecule has 0 bridgehead atoms. The lowest BCUT2D eigenvalue weighted by Crippen LogP contribution is -2.08. The molecule has 0 fully saturated rings. The minimum Gasteiger partial charge on any atom is -0.395 e.